The van der Waals surface area contributed by atoms with Crippen molar-refractivity contribution in [1.29, 1.82) is 0 Å². The summed E-state index contributed by atoms with van der Waals surface area (Å²) in [6.07, 6.45) is 5.39. The van der Waals surface area contributed by atoms with E-state index in [4.69, 9.17) is 0 Å². The van der Waals surface area contributed by atoms with Crippen LogP contribution in [0.3, 0.4) is 0 Å². The zero-order valence-corrected chi connectivity index (χ0v) is 15.8. The predicted molar refractivity (Wildman–Crippen MR) is 105 cm³/mol. The highest BCUT2D eigenvalue weighted by Crippen LogP contribution is 2.13. The summed E-state index contributed by atoms with van der Waals surface area (Å²) in [6.45, 7) is 2.54. The number of aromatic nitrogens is 2. The molecular weight excluding hydrogens is 342 g/mol. The Morgan fingerprint density at radius 2 is 1.74 bits per heavy atom. The van der Waals surface area contributed by atoms with Crippen LogP contribution >= 0.6 is 0 Å². The number of nitrogens with one attached hydrogen (secondary N) is 1. The number of hydrogen-bond donors (Lipinski definition) is 1. The van der Waals surface area contributed by atoms with Gasteiger partial charge in [-0.1, -0.05) is 62.9 Å². The van der Waals surface area contributed by atoms with Crippen LogP contribution in [0.5, 0.6) is 0 Å². The minimum absolute atomic E-state index is 0.186. The van der Waals surface area contributed by atoms with Crippen molar-refractivity contribution in [3.8, 4) is 11.3 Å². The molecule has 0 bridgehead atoms. The third-order valence-electron chi connectivity index (χ3n) is 4.31. The van der Waals surface area contributed by atoms with E-state index in [2.05, 4.69) is 17.3 Å². The second kappa shape index (κ2) is 11.1. The van der Waals surface area contributed by atoms with Gasteiger partial charge in [-0.25, -0.2) is 4.68 Å². The van der Waals surface area contributed by atoms with Gasteiger partial charge in [-0.2, -0.15) is 5.10 Å². The van der Waals surface area contributed by atoms with Gasteiger partial charge < -0.3 is 5.32 Å². The van der Waals surface area contributed by atoms with Gasteiger partial charge in [-0.05, 0) is 12.5 Å². The van der Waals surface area contributed by atoms with Crippen LogP contribution in [0.15, 0.2) is 47.3 Å². The highest BCUT2D eigenvalue weighted by atomic mass is 16.2. The van der Waals surface area contributed by atoms with E-state index >= 15 is 0 Å². The van der Waals surface area contributed by atoms with Gasteiger partial charge in [-0.3, -0.25) is 14.4 Å². The maximum absolute atomic E-state index is 12.0. The van der Waals surface area contributed by atoms with Crippen molar-refractivity contribution in [3.63, 3.8) is 0 Å². The Hall–Kier alpha value is -2.76. The van der Waals surface area contributed by atoms with E-state index < -0.39 is 11.7 Å². The van der Waals surface area contributed by atoms with Gasteiger partial charge in [0.05, 0.1) is 12.2 Å². The number of nitrogens with zero attached hydrogens (tertiary/aromatic N) is 2. The first-order valence-electron chi connectivity index (χ1n) is 9.56. The normalized spacial score (nSPS) is 10.6. The summed E-state index contributed by atoms with van der Waals surface area (Å²) < 4.78 is 1.30. The monoisotopic (exact) mass is 369 g/mol. The maximum atomic E-state index is 12.0. The molecule has 0 aliphatic carbocycles. The van der Waals surface area contributed by atoms with Crippen LogP contribution in [0, 0.1) is 0 Å². The molecule has 2 aromatic rings. The lowest BCUT2D eigenvalue weighted by atomic mass is 10.1. The van der Waals surface area contributed by atoms with Crippen LogP contribution in [-0.4, -0.2) is 28.0 Å². The number of ketones is 1. The first-order chi connectivity index (χ1) is 13.1. The quantitative estimate of drug-likeness (QED) is 0.488. The molecule has 6 nitrogen and oxygen atoms in total. The number of rotatable bonds is 11. The van der Waals surface area contributed by atoms with Crippen molar-refractivity contribution < 1.29 is 9.59 Å². The molecule has 0 aliphatic heterocycles. The number of amides is 1. The lowest BCUT2D eigenvalue weighted by Gasteiger charge is -2.08. The molecule has 1 heterocycles. The molecule has 1 aromatic carbocycles. The lowest BCUT2D eigenvalue weighted by Crippen LogP contribution is -2.35. The summed E-state index contributed by atoms with van der Waals surface area (Å²) >= 11 is 0. The molecule has 0 spiro atoms. The van der Waals surface area contributed by atoms with E-state index in [1.807, 2.05) is 30.3 Å². The third-order valence-corrected chi connectivity index (χ3v) is 4.31. The van der Waals surface area contributed by atoms with E-state index in [0.29, 0.717) is 5.69 Å². The number of carbonyl (C=O) groups is 2. The summed E-state index contributed by atoms with van der Waals surface area (Å²) in [5.74, 6) is -0.984. The third kappa shape index (κ3) is 6.81. The molecule has 0 unspecified atom stereocenters. The summed E-state index contributed by atoms with van der Waals surface area (Å²) in [4.78, 5) is 35.6. The summed E-state index contributed by atoms with van der Waals surface area (Å²) in [6, 6.07) is 12.7. The number of Topliss-reactive ketones (excluding diaryl/α,β-unsaturated/α-hetero) is 1. The average molecular weight is 369 g/mol. The van der Waals surface area contributed by atoms with Crippen LogP contribution in [0.2, 0.25) is 0 Å². The van der Waals surface area contributed by atoms with Crippen molar-refractivity contribution >= 4 is 11.7 Å². The Balaban J connectivity index is 1.82. The molecule has 1 aromatic heterocycles. The molecule has 0 radical (unpaired) electrons. The number of unbranched alkanes of at least 4 members (excludes halogenated alkanes) is 4. The van der Waals surface area contributed by atoms with Gasteiger partial charge in [0.2, 0.25) is 5.78 Å². The van der Waals surface area contributed by atoms with E-state index in [1.54, 1.807) is 6.07 Å². The molecule has 1 N–H and O–H groups in total. The number of carbonyl (C=O) groups excluding carboxylic acids is 2. The van der Waals surface area contributed by atoms with Crippen LogP contribution in [0.25, 0.3) is 11.3 Å². The molecular formula is C21H27N3O3. The first kappa shape index (κ1) is 20.6. The van der Waals surface area contributed by atoms with Crippen LogP contribution in [-0.2, 0) is 16.1 Å². The number of benzene rings is 1. The minimum Gasteiger partial charge on any atom is -0.348 e. The molecule has 27 heavy (non-hydrogen) atoms. The van der Waals surface area contributed by atoms with Crippen LogP contribution in [0.4, 0.5) is 0 Å². The first-order valence-corrected chi connectivity index (χ1v) is 9.56. The second-order valence-corrected chi connectivity index (χ2v) is 6.49. The number of hydrogen-bond acceptors (Lipinski definition) is 4. The fourth-order valence-electron chi connectivity index (χ4n) is 2.75. The largest absolute Gasteiger partial charge is 0.348 e. The Morgan fingerprint density at radius 1 is 1.00 bits per heavy atom. The molecule has 0 aliphatic rings. The van der Waals surface area contributed by atoms with Crippen molar-refractivity contribution in [3.05, 3.63) is 52.8 Å². The van der Waals surface area contributed by atoms with Crippen molar-refractivity contribution in [2.75, 3.05) is 6.54 Å². The highest BCUT2D eigenvalue weighted by Gasteiger charge is 2.12. The Morgan fingerprint density at radius 3 is 2.48 bits per heavy atom. The smallest absolute Gasteiger partial charge is 0.287 e. The average Bonchev–Trinajstić information content (AvgIpc) is 2.69. The standard InChI is InChI=1S/C21H27N3O3/c1-2-3-4-5-9-12-19(25)21(27)22-15-16-24-20(26)14-13-18(23-24)17-10-7-6-8-11-17/h6-8,10-11,13-14H,2-5,9,12,15-16H2,1H3,(H,22,27). The fraction of sp³-hybridized carbons (Fsp3) is 0.429. The molecule has 0 atom stereocenters. The lowest BCUT2D eigenvalue weighted by molar-refractivity contribution is -0.138. The second-order valence-electron chi connectivity index (χ2n) is 6.49. The Labute approximate surface area is 159 Å². The van der Waals surface area contributed by atoms with Gasteiger partial charge >= 0.3 is 0 Å². The molecule has 6 heteroatoms. The molecule has 1 amide bonds. The zero-order chi connectivity index (χ0) is 19.5. The molecule has 2 rings (SSSR count). The topological polar surface area (TPSA) is 81.1 Å². The van der Waals surface area contributed by atoms with Crippen molar-refractivity contribution in [2.45, 2.75) is 52.0 Å². The Kier molecular flexibility index (Phi) is 8.42. The van der Waals surface area contributed by atoms with Crippen LogP contribution in [0.1, 0.15) is 45.4 Å². The van der Waals surface area contributed by atoms with E-state index in [9.17, 15) is 14.4 Å². The van der Waals surface area contributed by atoms with E-state index in [1.165, 1.54) is 10.7 Å². The minimum atomic E-state index is -0.585. The fourth-order valence-corrected chi connectivity index (χ4v) is 2.75. The van der Waals surface area contributed by atoms with Gasteiger partial charge in [0.25, 0.3) is 11.5 Å². The van der Waals surface area contributed by atoms with Gasteiger partial charge in [0, 0.05) is 24.6 Å². The Bertz CT molecular complexity index is 800. The maximum Gasteiger partial charge on any atom is 0.287 e. The molecule has 0 saturated carbocycles. The summed E-state index contributed by atoms with van der Waals surface area (Å²) in [7, 11) is 0. The van der Waals surface area contributed by atoms with E-state index in [-0.39, 0.29) is 25.1 Å². The van der Waals surface area contributed by atoms with Gasteiger partial charge in [0.1, 0.15) is 0 Å². The van der Waals surface area contributed by atoms with Gasteiger partial charge in [0.15, 0.2) is 0 Å². The molecule has 144 valence electrons. The van der Waals surface area contributed by atoms with Crippen molar-refractivity contribution in [1.82, 2.24) is 15.1 Å². The molecule has 0 fully saturated rings. The predicted octanol–water partition coefficient (Wildman–Crippen LogP) is 2.96. The zero-order valence-electron chi connectivity index (χ0n) is 15.8. The van der Waals surface area contributed by atoms with Crippen LogP contribution < -0.4 is 10.9 Å². The molecule has 0 saturated heterocycles. The highest BCUT2D eigenvalue weighted by molar-refractivity contribution is 6.36. The van der Waals surface area contributed by atoms with E-state index in [0.717, 1.165) is 37.7 Å². The van der Waals surface area contributed by atoms with Gasteiger partial charge in [-0.15, -0.1) is 0 Å². The SMILES string of the molecule is CCCCCCCC(=O)C(=O)NCCn1nc(-c2ccccc2)ccc1=O. The summed E-state index contributed by atoms with van der Waals surface area (Å²) in [5.41, 5.74) is 1.35. The van der Waals surface area contributed by atoms with Crippen molar-refractivity contribution in [2.24, 2.45) is 0 Å². The summed E-state index contributed by atoms with van der Waals surface area (Å²) in [5, 5.41) is 6.91.